The highest BCUT2D eigenvalue weighted by molar-refractivity contribution is 5.87. The Hall–Kier alpha value is -2.08. The van der Waals surface area contributed by atoms with E-state index in [2.05, 4.69) is 0 Å². The zero-order valence-electron chi connectivity index (χ0n) is 13.0. The molecule has 1 saturated heterocycles. The molecule has 0 bridgehead atoms. The number of nitrogens with zero attached hydrogens (tertiary/aromatic N) is 1. The molecular weight excluding hydrogens is 286 g/mol. The summed E-state index contributed by atoms with van der Waals surface area (Å²) in [4.78, 5) is 24.6. The molecule has 6 heteroatoms. The number of hydrogen-bond acceptors (Lipinski definition) is 4. The molecule has 1 aromatic carbocycles. The van der Waals surface area contributed by atoms with Crippen LogP contribution in [0.4, 0.5) is 4.79 Å². The van der Waals surface area contributed by atoms with Crippen LogP contribution in [0.5, 0.6) is 0 Å². The predicted molar refractivity (Wildman–Crippen MR) is 79.9 cm³/mol. The Morgan fingerprint density at radius 3 is 2.45 bits per heavy atom. The van der Waals surface area contributed by atoms with E-state index in [9.17, 15) is 9.59 Å². The number of morpholine rings is 1. The Bertz CT molecular complexity index is 547. The van der Waals surface area contributed by atoms with Crippen LogP contribution in [0.1, 0.15) is 42.8 Å². The Labute approximate surface area is 129 Å². The second-order valence-corrected chi connectivity index (χ2v) is 6.21. The molecule has 0 radical (unpaired) electrons. The lowest BCUT2D eigenvalue weighted by Gasteiger charge is -2.34. The largest absolute Gasteiger partial charge is 0.478 e. The first-order valence-corrected chi connectivity index (χ1v) is 7.19. The van der Waals surface area contributed by atoms with Crippen LogP contribution >= 0.6 is 0 Å². The number of amides is 1. The molecule has 0 saturated carbocycles. The maximum Gasteiger partial charge on any atom is 0.410 e. The smallest absolute Gasteiger partial charge is 0.410 e. The lowest BCUT2D eigenvalue weighted by Crippen LogP contribution is -2.44. The SMILES string of the molecule is CC(C)(C)OC(=O)N1CCO[C@@H](c2ccc(C(=O)O)cc2)C1. The van der Waals surface area contributed by atoms with E-state index < -0.39 is 11.6 Å². The van der Waals surface area contributed by atoms with Crippen LogP contribution in [0.25, 0.3) is 0 Å². The van der Waals surface area contributed by atoms with Gasteiger partial charge in [0, 0.05) is 6.54 Å². The third-order valence-electron chi connectivity index (χ3n) is 3.25. The van der Waals surface area contributed by atoms with Crippen molar-refractivity contribution in [1.29, 1.82) is 0 Å². The van der Waals surface area contributed by atoms with Gasteiger partial charge in [-0.1, -0.05) is 12.1 Å². The number of rotatable bonds is 2. The molecule has 120 valence electrons. The molecule has 0 unspecified atom stereocenters. The van der Waals surface area contributed by atoms with Crippen molar-refractivity contribution in [1.82, 2.24) is 4.90 Å². The third-order valence-corrected chi connectivity index (χ3v) is 3.25. The lowest BCUT2D eigenvalue weighted by atomic mass is 10.1. The van der Waals surface area contributed by atoms with E-state index in [-0.39, 0.29) is 17.8 Å². The maximum absolute atomic E-state index is 12.1. The number of hydrogen-bond donors (Lipinski definition) is 1. The van der Waals surface area contributed by atoms with Gasteiger partial charge in [0.05, 0.1) is 18.7 Å². The Morgan fingerprint density at radius 1 is 1.27 bits per heavy atom. The third kappa shape index (κ3) is 4.21. The summed E-state index contributed by atoms with van der Waals surface area (Å²) in [5.41, 5.74) is 0.537. The number of aromatic carboxylic acids is 1. The highest BCUT2D eigenvalue weighted by atomic mass is 16.6. The van der Waals surface area contributed by atoms with Crippen molar-refractivity contribution in [3.8, 4) is 0 Å². The predicted octanol–water partition coefficient (Wildman–Crippen LogP) is 2.69. The molecule has 22 heavy (non-hydrogen) atoms. The summed E-state index contributed by atoms with van der Waals surface area (Å²) in [7, 11) is 0. The Balaban J connectivity index is 2.04. The normalized spacial score (nSPS) is 18.9. The first kappa shape index (κ1) is 16.3. The molecule has 1 aliphatic rings. The van der Waals surface area contributed by atoms with Crippen molar-refractivity contribution in [2.24, 2.45) is 0 Å². The lowest BCUT2D eigenvalue weighted by molar-refractivity contribution is -0.0432. The van der Waals surface area contributed by atoms with Gasteiger partial charge in [0.1, 0.15) is 11.7 Å². The van der Waals surface area contributed by atoms with E-state index in [1.807, 2.05) is 20.8 Å². The van der Waals surface area contributed by atoms with Gasteiger partial charge in [0.25, 0.3) is 0 Å². The molecular formula is C16H21NO5. The summed E-state index contributed by atoms with van der Waals surface area (Å²) in [5.74, 6) is -0.966. The molecule has 1 aromatic rings. The van der Waals surface area contributed by atoms with Crippen molar-refractivity contribution < 1.29 is 24.2 Å². The minimum absolute atomic E-state index is 0.226. The number of carboxylic acids is 1. The van der Waals surface area contributed by atoms with Crippen LogP contribution < -0.4 is 0 Å². The average Bonchev–Trinajstić information content (AvgIpc) is 2.46. The molecule has 0 aliphatic carbocycles. The minimum Gasteiger partial charge on any atom is -0.478 e. The van der Waals surface area contributed by atoms with Crippen molar-refractivity contribution in [3.05, 3.63) is 35.4 Å². The summed E-state index contributed by atoms with van der Waals surface area (Å²) in [5, 5.41) is 8.91. The van der Waals surface area contributed by atoms with Gasteiger partial charge >= 0.3 is 12.1 Å². The van der Waals surface area contributed by atoms with Crippen molar-refractivity contribution in [2.45, 2.75) is 32.5 Å². The second kappa shape index (κ2) is 6.36. The first-order valence-electron chi connectivity index (χ1n) is 7.19. The number of carbonyl (C=O) groups is 2. The van der Waals surface area contributed by atoms with E-state index in [1.165, 1.54) is 12.1 Å². The average molecular weight is 307 g/mol. The number of carbonyl (C=O) groups excluding carboxylic acids is 1. The first-order chi connectivity index (χ1) is 10.3. The molecule has 1 heterocycles. The highest BCUT2D eigenvalue weighted by Crippen LogP contribution is 2.24. The molecule has 0 aromatic heterocycles. The van der Waals surface area contributed by atoms with Gasteiger partial charge in [-0.05, 0) is 38.5 Å². The summed E-state index contributed by atoms with van der Waals surface area (Å²) in [6.45, 7) is 6.78. The number of benzene rings is 1. The quantitative estimate of drug-likeness (QED) is 0.909. The van der Waals surface area contributed by atoms with Gasteiger partial charge in [0.15, 0.2) is 0 Å². The highest BCUT2D eigenvalue weighted by Gasteiger charge is 2.28. The summed E-state index contributed by atoms with van der Waals surface area (Å²) in [6, 6.07) is 6.50. The van der Waals surface area contributed by atoms with Crippen LogP contribution in [0.15, 0.2) is 24.3 Å². The number of ether oxygens (including phenoxy) is 2. The molecule has 0 spiro atoms. The van der Waals surface area contributed by atoms with E-state index in [0.29, 0.717) is 19.7 Å². The van der Waals surface area contributed by atoms with Crippen LogP contribution in [-0.2, 0) is 9.47 Å². The van der Waals surface area contributed by atoms with E-state index in [0.717, 1.165) is 5.56 Å². The zero-order valence-corrected chi connectivity index (χ0v) is 13.0. The van der Waals surface area contributed by atoms with Crippen LogP contribution in [0.2, 0.25) is 0 Å². The number of carboxylic acid groups (broad SMARTS) is 1. The molecule has 1 N–H and O–H groups in total. The Kier molecular flexibility index (Phi) is 4.71. The van der Waals surface area contributed by atoms with Crippen molar-refractivity contribution >= 4 is 12.1 Å². The van der Waals surface area contributed by atoms with Gasteiger partial charge in [0.2, 0.25) is 0 Å². The van der Waals surface area contributed by atoms with Gasteiger partial charge in [-0.3, -0.25) is 0 Å². The van der Waals surface area contributed by atoms with Crippen molar-refractivity contribution in [2.75, 3.05) is 19.7 Å². The fraction of sp³-hybridized carbons (Fsp3) is 0.500. The standard InChI is InChI=1S/C16H21NO5/c1-16(2,3)22-15(20)17-8-9-21-13(10-17)11-4-6-12(7-5-11)14(18)19/h4-7,13H,8-10H2,1-3H3,(H,18,19)/t13-/m1/s1. The van der Waals surface area contributed by atoms with Gasteiger partial charge in [-0.2, -0.15) is 0 Å². The molecule has 2 rings (SSSR count). The molecule has 6 nitrogen and oxygen atoms in total. The Morgan fingerprint density at radius 2 is 1.91 bits per heavy atom. The topological polar surface area (TPSA) is 76.1 Å². The summed E-state index contributed by atoms with van der Waals surface area (Å²) < 4.78 is 11.0. The summed E-state index contributed by atoms with van der Waals surface area (Å²) in [6.07, 6.45) is -0.632. The fourth-order valence-corrected chi connectivity index (χ4v) is 2.18. The maximum atomic E-state index is 12.1. The zero-order chi connectivity index (χ0) is 16.3. The van der Waals surface area contributed by atoms with Crippen LogP contribution in [0.3, 0.4) is 0 Å². The minimum atomic E-state index is -0.966. The van der Waals surface area contributed by atoms with Gasteiger partial charge in [-0.15, -0.1) is 0 Å². The van der Waals surface area contributed by atoms with Crippen molar-refractivity contribution in [3.63, 3.8) is 0 Å². The van der Waals surface area contributed by atoms with Gasteiger partial charge < -0.3 is 19.5 Å². The van der Waals surface area contributed by atoms with E-state index >= 15 is 0 Å². The van der Waals surface area contributed by atoms with Crippen LogP contribution in [-0.4, -0.2) is 47.4 Å². The van der Waals surface area contributed by atoms with Gasteiger partial charge in [-0.25, -0.2) is 9.59 Å². The molecule has 1 amide bonds. The summed E-state index contributed by atoms with van der Waals surface area (Å²) >= 11 is 0. The fourth-order valence-electron chi connectivity index (χ4n) is 2.18. The molecule has 1 aliphatic heterocycles. The molecule has 1 fully saturated rings. The molecule has 1 atom stereocenters. The monoisotopic (exact) mass is 307 g/mol. The van der Waals surface area contributed by atoms with E-state index in [1.54, 1.807) is 17.0 Å². The van der Waals surface area contributed by atoms with E-state index in [4.69, 9.17) is 14.6 Å². The second-order valence-electron chi connectivity index (χ2n) is 6.21. The van der Waals surface area contributed by atoms with Crippen LogP contribution in [0, 0.1) is 0 Å².